The molecule has 1 aliphatic rings. The van der Waals surface area contributed by atoms with Crippen molar-refractivity contribution < 1.29 is 18.3 Å². The minimum absolute atomic E-state index is 0.214. The first kappa shape index (κ1) is 16.7. The van der Waals surface area contributed by atoms with Crippen LogP contribution in [0.25, 0.3) is 0 Å². The smallest absolute Gasteiger partial charge is 0.240 e. The standard InChI is InChI=1S/C14H20BrNO4S/c1-20-14-7-6-12(8-13(14)15)21(18,19)16-9-10-2-4-11(17)5-3-10/h6-8,10-11,16-17H,2-5,9H2,1H3. The molecule has 1 aromatic rings. The fourth-order valence-corrected chi connectivity index (χ4v) is 4.31. The van der Waals surface area contributed by atoms with Crippen LogP contribution in [0.1, 0.15) is 25.7 Å². The quantitative estimate of drug-likeness (QED) is 0.825. The summed E-state index contributed by atoms with van der Waals surface area (Å²) in [6, 6.07) is 4.68. The van der Waals surface area contributed by atoms with Gasteiger partial charge in [-0.15, -0.1) is 0 Å². The Morgan fingerprint density at radius 1 is 1.33 bits per heavy atom. The van der Waals surface area contributed by atoms with E-state index >= 15 is 0 Å². The van der Waals surface area contributed by atoms with Crippen molar-refractivity contribution >= 4 is 26.0 Å². The minimum atomic E-state index is -3.52. The largest absolute Gasteiger partial charge is 0.496 e. The molecule has 0 heterocycles. The Bertz CT molecular complexity index is 583. The molecule has 0 bridgehead atoms. The zero-order chi connectivity index (χ0) is 15.5. The maximum Gasteiger partial charge on any atom is 0.240 e. The second-order valence-corrected chi connectivity index (χ2v) is 7.94. The van der Waals surface area contributed by atoms with Crippen LogP contribution in [-0.2, 0) is 10.0 Å². The average molecular weight is 378 g/mol. The van der Waals surface area contributed by atoms with Crippen LogP contribution >= 0.6 is 15.9 Å². The van der Waals surface area contributed by atoms with Crippen molar-refractivity contribution in [2.45, 2.75) is 36.7 Å². The van der Waals surface area contributed by atoms with Crippen LogP contribution in [0.5, 0.6) is 5.75 Å². The maximum atomic E-state index is 12.3. The number of halogens is 1. The Morgan fingerprint density at radius 2 is 2.00 bits per heavy atom. The molecule has 0 aromatic heterocycles. The number of aliphatic hydroxyl groups excluding tert-OH is 1. The molecule has 0 saturated heterocycles. The zero-order valence-electron chi connectivity index (χ0n) is 11.9. The van der Waals surface area contributed by atoms with E-state index in [0.717, 1.165) is 25.7 Å². The lowest BCUT2D eigenvalue weighted by molar-refractivity contribution is 0.109. The van der Waals surface area contributed by atoms with Crippen molar-refractivity contribution in [2.75, 3.05) is 13.7 Å². The molecule has 0 aliphatic heterocycles. The van der Waals surface area contributed by atoms with Gasteiger partial charge in [0.1, 0.15) is 5.75 Å². The molecule has 0 spiro atoms. The summed E-state index contributed by atoms with van der Waals surface area (Å²) in [7, 11) is -1.99. The van der Waals surface area contributed by atoms with Gasteiger partial charge in [0.15, 0.2) is 0 Å². The molecule has 1 fully saturated rings. The number of hydrogen-bond acceptors (Lipinski definition) is 4. The zero-order valence-corrected chi connectivity index (χ0v) is 14.3. The topological polar surface area (TPSA) is 75.6 Å². The van der Waals surface area contributed by atoms with Crippen LogP contribution in [0.4, 0.5) is 0 Å². The van der Waals surface area contributed by atoms with E-state index in [4.69, 9.17) is 4.74 Å². The Morgan fingerprint density at radius 3 is 2.57 bits per heavy atom. The molecule has 21 heavy (non-hydrogen) atoms. The van der Waals surface area contributed by atoms with E-state index < -0.39 is 10.0 Å². The summed E-state index contributed by atoms with van der Waals surface area (Å²) in [5.74, 6) is 0.889. The molecular formula is C14H20BrNO4S. The second-order valence-electron chi connectivity index (χ2n) is 5.32. The van der Waals surface area contributed by atoms with Crippen LogP contribution in [0.2, 0.25) is 0 Å². The molecular weight excluding hydrogens is 358 g/mol. The molecule has 0 amide bonds. The summed E-state index contributed by atoms with van der Waals surface area (Å²) >= 11 is 3.29. The number of rotatable bonds is 5. The molecule has 2 rings (SSSR count). The van der Waals surface area contributed by atoms with E-state index in [9.17, 15) is 13.5 Å². The number of ether oxygens (including phenoxy) is 1. The van der Waals surface area contributed by atoms with Gasteiger partial charge in [-0.3, -0.25) is 0 Å². The van der Waals surface area contributed by atoms with Gasteiger partial charge in [-0.25, -0.2) is 13.1 Å². The van der Waals surface area contributed by atoms with Gasteiger partial charge in [-0.1, -0.05) is 0 Å². The number of methoxy groups -OCH3 is 1. The summed E-state index contributed by atoms with van der Waals surface area (Å²) in [4.78, 5) is 0.214. The van der Waals surface area contributed by atoms with Crippen molar-refractivity contribution in [1.29, 1.82) is 0 Å². The fourth-order valence-electron chi connectivity index (χ4n) is 2.47. The molecule has 7 heteroatoms. The lowest BCUT2D eigenvalue weighted by Crippen LogP contribution is -2.32. The highest BCUT2D eigenvalue weighted by atomic mass is 79.9. The van der Waals surface area contributed by atoms with Crippen molar-refractivity contribution in [2.24, 2.45) is 5.92 Å². The van der Waals surface area contributed by atoms with Crippen LogP contribution in [0.15, 0.2) is 27.6 Å². The SMILES string of the molecule is COc1ccc(S(=O)(=O)NCC2CCC(O)CC2)cc1Br. The van der Waals surface area contributed by atoms with E-state index in [1.165, 1.54) is 19.2 Å². The molecule has 2 N–H and O–H groups in total. The van der Waals surface area contributed by atoms with Gasteiger partial charge in [0.25, 0.3) is 0 Å². The third-order valence-corrected chi connectivity index (χ3v) is 5.85. The molecule has 0 unspecified atom stereocenters. The lowest BCUT2D eigenvalue weighted by atomic mass is 9.88. The number of hydrogen-bond donors (Lipinski definition) is 2. The highest BCUT2D eigenvalue weighted by Gasteiger charge is 2.22. The van der Waals surface area contributed by atoms with Gasteiger partial charge >= 0.3 is 0 Å². The number of nitrogens with one attached hydrogen (secondary N) is 1. The molecule has 5 nitrogen and oxygen atoms in total. The minimum Gasteiger partial charge on any atom is -0.496 e. The van der Waals surface area contributed by atoms with E-state index in [2.05, 4.69) is 20.7 Å². The first-order valence-corrected chi connectivity index (χ1v) is 9.21. The van der Waals surface area contributed by atoms with E-state index in [1.807, 2.05) is 0 Å². The molecule has 1 saturated carbocycles. The molecule has 0 atom stereocenters. The van der Waals surface area contributed by atoms with E-state index in [0.29, 0.717) is 22.7 Å². The predicted octanol–water partition coefficient (Wildman–Crippen LogP) is 2.29. The number of benzene rings is 1. The number of sulfonamides is 1. The monoisotopic (exact) mass is 377 g/mol. The van der Waals surface area contributed by atoms with Crippen LogP contribution in [-0.4, -0.2) is 33.3 Å². The summed E-state index contributed by atoms with van der Waals surface area (Å²) in [5.41, 5.74) is 0. The maximum absolute atomic E-state index is 12.3. The van der Waals surface area contributed by atoms with Crippen LogP contribution < -0.4 is 9.46 Å². The second kappa shape index (κ2) is 7.09. The van der Waals surface area contributed by atoms with E-state index in [1.54, 1.807) is 6.07 Å². The molecule has 1 aromatic carbocycles. The van der Waals surface area contributed by atoms with Gasteiger partial charge in [0, 0.05) is 6.54 Å². The Hall–Kier alpha value is -0.630. The third kappa shape index (κ3) is 4.42. The number of aliphatic hydroxyl groups is 1. The van der Waals surface area contributed by atoms with Crippen molar-refractivity contribution in [3.8, 4) is 5.75 Å². The van der Waals surface area contributed by atoms with Gasteiger partial charge in [0.05, 0.1) is 22.6 Å². The summed E-state index contributed by atoms with van der Waals surface area (Å²) in [5, 5.41) is 9.46. The summed E-state index contributed by atoms with van der Waals surface area (Å²) in [6.07, 6.45) is 2.99. The predicted molar refractivity (Wildman–Crippen MR) is 83.8 cm³/mol. The fraction of sp³-hybridized carbons (Fsp3) is 0.571. The molecule has 1 aliphatic carbocycles. The lowest BCUT2D eigenvalue weighted by Gasteiger charge is -2.25. The van der Waals surface area contributed by atoms with Crippen LogP contribution in [0.3, 0.4) is 0 Å². The highest BCUT2D eigenvalue weighted by molar-refractivity contribution is 9.10. The first-order valence-electron chi connectivity index (χ1n) is 6.93. The summed E-state index contributed by atoms with van der Waals surface area (Å²) in [6.45, 7) is 0.415. The average Bonchev–Trinajstić information content (AvgIpc) is 2.46. The Labute approximate surface area is 133 Å². The van der Waals surface area contributed by atoms with Gasteiger partial charge in [-0.2, -0.15) is 0 Å². The normalized spacial score (nSPS) is 23.0. The van der Waals surface area contributed by atoms with Crippen LogP contribution in [0, 0.1) is 5.92 Å². The Balaban J connectivity index is 2.00. The van der Waals surface area contributed by atoms with Crippen molar-refractivity contribution in [3.05, 3.63) is 22.7 Å². The van der Waals surface area contributed by atoms with Crippen molar-refractivity contribution in [3.63, 3.8) is 0 Å². The van der Waals surface area contributed by atoms with Crippen molar-refractivity contribution in [1.82, 2.24) is 4.72 Å². The first-order chi connectivity index (χ1) is 9.92. The molecule has 118 valence electrons. The van der Waals surface area contributed by atoms with Gasteiger partial charge in [-0.05, 0) is 65.7 Å². The molecule has 0 radical (unpaired) electrons. The van der Waals surface area contributed by atoms with Gasteiger partial charge < -0.3 is 9.84 Å². The van der Waals surface area contributed by atoms with E-state index in [-0.39, 0.29) is 11.0 Å². The van der Waals surface area contributed by atoms with Gasteiger partial charge in [0.2, 0.25) is 10.0 Å². The Kier molecular flexibility index (Phi) is 5.65. The third-order valence-electron chi connectivity index (χ3n) is 3.81. The summed E-state index contributed by atoms with van der Waals surface area (Å²) < 4.78 is 32.9. The highest BCUT2D eigenvalue weighted by Crippen LogP contribution is 2.28.